The van der Waals surface area contributed by atoms with Gasteiger partial charge in [0, 0.05) is 16.3 Å². The summed E-state index contributed by atoms with van der Waals surface area (Å²) in [6, 6.07) is 3.43. The third kappa shape index (κ3) is 1.92. The zero-order valence-electron chi connectivity index (χ0n) is 8.87. The molecule has 0 spiro atoms. The van der Waals surface area contributed by atoms with Crippen molar-refractivity contribution in [1.29, 1.82) is 0 Å². The van der Waals surface area contributed by atoms with Crippen LogP contribution >= 0.6 is 23.2 Å². The van der Waals surface area contributed by atoms with E-state index in [9.17, 15) is 0 Å². The van der Waals surface area contributed by atoms with E-state index in [0.717, 1.165) is 24.1 Å². The van der Waals surface area contributed by atoms with Crippen molar-refractivity contribution < 1.29 is 0 Å². The predicted molar refractivity (Wildman–Crippen MR) is 69.3 cm³/mol. The average Bonchev–Trinajstić information content (AvgIpc) is 3.11. The molecular weight excluding hydrogens is 259 g/mol. The van der Waals surface area contributed by atoms with Crippen LogP contribution in [0.15, 0.2) is 12.1 Å². The molecule has 0 aliphatic heterocycles. The number of halogens is 2. The fraction of sp³-hybridized carbons (Fsp3) is 0.273. The van der Waals surface area contributed by atoms with Crippen molar-refractivity contribution in [2.45, 2.75) is 18.8 Å². The third-order valence-electron chi connectivity index (χ3n) is 2.82. The summed E-state index contributed by atoms with van der Waals surface area (Å²) in [7, 11) is 0. The number of rotatable bonds is 2. The van der Waals surface area contributed by atoms with E-state index in [2.05, 4.69) is 15.4 Å². The van der Waals surface area contributed by atoms with E-state index in [1.807, 2.05) is 0 Å². The number of benzene rings is 1. The minimum atomic E-state index is 0.443. The van der Waals surface area contributed by atoms with Gasteiger partial charge in [0.05, 0.1) is 10.5 Å². The van der Waals surface area contributed by atoms with E-state index in [0.29, 0.717) is 27.3 Å². The Labute approximate surface area is 108 Å². The van der Waals surface area contributed by atoms with E-state index in [1.54, 1.807) is 12.1 Å². The Morgan fingerprint density at radius 3 is 2.65 bits per heavy atom. The van der Waals surface area contributed by atoms with Gasteiger partial charge >= 0.3 is 0 Å². The highest BCUT2D eigenvalue weighted by atomic mass is 35.5. The van der Waals surface area contributed by atoms with Crippen molar-refractivity contribution >= 4 is 39.9 Å². The van der Waals surface area contributed by atoms with Gasteiger partial charge in [-0.3, -0.25) is 0 Å². The molecule has 0 saturated heterocycles. The van der Waals surface area contributed by atoms with Crippen LogP contribution in [0.1, 0.15) is 24.6 Å². The predicted octanol–water partition coefficient (Wildman–Crippen LogP) is 3.10. The van der Waals surface area contributed by atoms with E-state index in [4.69, 9.17) is 29.0 Å². The zero-order valence-corrected chi connectivity index (χ0v) is 10.4. The highest BCUT2D eigenvalue weighted by Crippen LogP contribution is 2.40. The first-order valence-corrected chi connectivity index (χ1v) is 6.08. The minimum absolute atomic E-state index is 0.443. The Balaban J connectivity index is 2.31. The molecule has 1 aromatic heterocycles. The number of nitrogens with one attached hydrogen (secondary N) is 1. The largest absolute Gasteiger partial charge is 0.308 e. The van der Waals surface area contributed by atoms with Crippen molar-refractivity contribution in [2.24, 2.45) is 5.84 Å². The molecule has 2 aromatic rings. The van der Waals surface area contributed by atoms with Gasteiger partial charge in [-0.2, -0.15) is 0 Å². The molecule has 0 radical (unpaired) electrons. The fourth-order valence-electron chi connectivity index (χ4n) is 1.81. The summed E-state index contributed by atoms with van der Waals surface area (Å²) in [6.45, 7) is 0. The highest BCUT2D eigenvalue weighted by molar-refractivity contribution is 6.38. The lowest BCUT2D eigenvalue weighted by atomic mass is 10.2. The molecule has 1 aromatic carbocycles. The molecule has 6 heteroatoms. The lowest BCUT2D eigenvalue weighted by Crippen LogP contribution is -2.11. The summed E-state index contributed by atoms with van der Waals surface area (Å²) in [5, 5.41) is 1.81. The molecule has 88 valence electrons. The summed E-state index contributed by atoms with van der Waals surface area (Å²) in [5.41, 5.74) is 3.27. The van der Waals surface area contributed by atoms with Gasteiger partial charge in [-0.1, -0.05) is 23.2 Å². The first kappa shape index (κ1) is 11.0. The van der Waals surface area contributed by atoms with Gasteiger partial charge < -0.3 is 5.43 Å². The number of nitrogens with zero attached hydrogens (tertiary/aromatic N) is 2. The number of fused-ring (bicyclic) bond motifs is 1. The Hall–Kier alpha value is -1.10. The summed E-state index contributed by atoms with van der Waals surface area (Å²) >= 11 is 12.1. The van der Waals surface area contributed by atoms with Crippen LogP contribution in [0.3, 0.4) is 0 Å². The van der Waals surface area contributed by atoms with Crippen LogP contribution in [0.5, 0.6) is 0 Å². The zero-order chi connectivity index (χ0) is 12.0. The van der Waals surface area contributed by atoms with Gasteiger partial charge in [-0.15, -0.1) is 0 Å². The van der Waals surface area contributed by atoms with Crippen molar-refractivity contribution in [2.75, 3.05) is 5.43 Å². The molecule has 17 heavy (non-hydrogen) atoms. The Kier molecular flexibility index (Phi) is 2.58. The van der Waals surface area contributed by atoms with E-state index >= 15 is 0 Å². The monoisotopic (exact) mass is 268 g/mol. The molecule has 1 fully saturated rings. The Bertz CT molecular complexity index is 596. The molecule has 1 aliphatic carbocycles. The van der Waals surface area contributed by atoms with Crippen molar-refractivity contribution in [3.63, 3.8) is 0 Å². The van der Waals surface area contributed by atoms with Crippen LogP contribution in [0, 0.1) is 0 Å². The van der Waals surface area contributed by atoms with Crippen LogP contribution in [-0.2, 0) is 0 Å². The number of nitrogen functional groups attached to an aromatic ring is 1. The fourth-order valence-corrected chi connectivity index (χ4v) is 2.34. The van der Waals surface area contributed by atoms with E-state index < -0.39 is 0 Å². The summed E-state index contributed by atoms with van der Waals surface area (Å²) in [4.78, 5) is 8.89. The van der Waals surface area contributed by atoms with E-state index in [1.165, 1.54) is 0 Å². The molecule has 0 unspecified atom stereocenters. The molecule has 3 N–H and O–H groups in total. The lowest BCUT2D eigenvalue weighted by Gasteiger charge is -2.09. The second-order valence-electron chi connectivity index (χ2n) is 4.13. The van der Waals surface area contributed by atoms with Gasteiger partial charge in [0.2, 0.25) is 0 Å². The lowest BCUT2D eigenvalue weighted by molar-refractivity contribution is 0.946. The smallest absolute Gasteiger partial charge is 0.151 e. The molecule has 0 atom stereocenters. The van der Waals surface area contributed by atoms with Crippen LogP contribution in [0.2, 0.25) is 10.0 Å². The highest BCUT2D eigenvalue weighted by Gasteiger charge is 2.27. The van der Waals surface area contributed by atoms with Gasteiger partial charge in [0.1, 0.15) is 5.82 Å². The maximum absolute atomic E-state index is 6.15. The van der Waals surface area contributed by atoms with Crippen LogP contribution < -0.4 is 11.3 Å². The van der Waals surface area contributed by atoms with Crippen LogP contribution in [0.4, 0.5) is 5.82 Å². The number of hydrogen-bond acceptors (Lipinski definition) is 4. The van der Waals surface area contributed by atoms with Gasteiger partial charge in [0.15, 0.2) is 5.82 Å². The number of aromatic nitrogens is 2. The standard InChI is InChI=1S/C11H10Cl2N4/c12-6-3-7-9(8(13)4-6)15-10(5-1-2-5)16-11(7)17-14/h3-5H,1-2,14H2,(H,15,16,17). The number of nitrogens with two attached hydrogens (primary N) is 1. The quantitative estimate of drug-likeness (QED) is 0.649. The third-order valence-corrected chi connectivity index (χ3v) is 3.32. The summed E-state index contributed by atoms with van der Waals surface area (Å²) < 4.78 is 0. The molecular formula is C11H10Cl2N4. The van der Waals surface area contributed by atoms with Gasteiger partial charge in [-0.05, 0) is 25.0 Å². The van der Waals surface area contributed by atoms with Crippen LogP contribution in [0.25, 0.3) is 10.9 Å². The minimum Gasteiger partial charge on any atom is -0.308 e. The molecule has 4 nitrogen and oxygen atoms in total. The van der Waals surface area contributed by atoms with Crippen molar-refractivity contribution in [3.05, 3.63) is 28.0 Å². The topological polar surface area (TPSA) is 63.8 Å². The molecule has 3 rings (SSSR count). The maximum Gasteiger partial charge on any atom is 0.151 e. The normalized spacial score (nSPS) is 15.2. The molecule has 1 saturated carbocycles. The molecule has 0 bridgehead atoms. The molecule has 0 amide bonds. The number of anilines is 1. The van der Waals surface area contributed by atoms with Crippen molar-refractivity contribution in [3.8, 4) is 0 Å². The number of hydrazine groups is 1. The average molecular weight is 269 g/mol. The number of hydrogen-bond donors (Lipinski definition) is 2. The first-order chi connectivity index (χ1) is 8.19. The van der Waals surface area contributed by atoms with Gasteiger partial charge in [-0.25, -0.2) is 15.8 Å². The second-order valence-corrected chi connectivity index (χ2v) is 4.98. The van der Waals surface area contributed by atoms with Crippen molar-refractivity contribution in [1.82, 2.24) is 9.97 Å². The first-order valence-electron chi connectivity index (χ1n) is 5.32. The Morgan fingerprint density at radius 2 is 2.00 bits per heavy atom. The molecule has 1 heterocycles. The Morgan fingerprint density at radius 1 is 1.24 bits per heavy atom. The van der Waals surface area contributed by atoms with Gasteiger partial charge in [0.25, 0.3) is 0 Å². The second kappa shape index (κ2) is 3.98. The van der Waals surface area contributed by atoms with Crippen LogP contribution in [-0.4, -0.2) is 9.97 Å². The van der Waals surface area contributed by atoms with E-state index in [-0.39, 0.29) is 0 Å². The SMILES string of the molecule is NNc1nc(C2CC2)nc2c(Cl)cc(Cl)cc12. The maximum atomic E-state index is 6.15. The molecule has 1 aliphatic rings. The summed E-state index contributed by atoms with van der Waals surface area (Å²) in [6.07, 6.45) is 2.25. The summed E-state index contributed by atoms with van der Waals surface area (Å²) in [5.74, 6) is 7.29.